The van der Waals surface area contributed by atoms with Gasteiger partial charge in [0.2, 0.25) is 6.79 Å². The molecule has 0 fully saturated rings. The summed E-state index contributed by atoms with van der Waals surface area (Å²) in [6.07, 6.45) is 0. The van der Waals surface area contributed by atoms with E-state index in [1.807, 2.05) is 49.4 Å². The number of anilines is 2. The van der Waals surface area contributed by atoms with Crippen LogP contribution in [0.1, 0.15) is 23.0 Å². The lowest BCUT2D eigenvalue weighted by atomic mass is 10.2. The number of nitrogens with one attached hydrogen (secondary N) is 2. The van der Waals surface area contributed by atoms with Crippen LogP contribution in [0.3, 0.4) is 0 Å². The van der Waals surface area contributed by atoms with Crippen molar-refractivity contribution in [2.24, 2.45) is 0 Å². The van der Waals surface area contributed by atoms with Gasteiger partial charge in [0.1, 0.15) is 11.4 Å². The van der Waals surface area contributed by atoms with Crippen LogP contribution in [0.15, 0.2) is 47.8 Å². The van der Waals surface area contributed by atoms with Gasteiger partial charge in [-0.05, 0) is 48.9 Å². The molecule has 0 saturated carbocycles. The summed E-state index contributed by atoms with van der Waals surface area (Å²) in [6.45, 7) is 3.19. The fourth-order valence-electron chi connectivity index (χ4n) is 2.68. The molecule has 1 aliphatic rings. The van der Waals surface area contributed by atoms with Gasteiger partial charge in [-0.15, -0.1) is 11.3 Å². The van der Waals surface area contributed by atoms with E-state index >= 15 is 0 Å². The summed E-state index contributed by atoms with van der Waals surface area (Å²) in [7, 11) is 0. The third-order valence-electron chi connectivity index (χ3n) is 4.04. The molecule has 0 aliphatic carbocycles. The molecule has 1 amide bonds. The van der Waals surface area contributed by atoms with Crippen LogP contribution in [-0.4, -0.2) is 24.3 Å². The summed E-state index contributed by atoms with van der Waals surface area (Å²) in [5.74, 6) is 2.01. The molecular weight excluding hydrogens is 378 g/mol. The van der Waals surface area contributed by atoms with Gasteiger partial charge in [-0.2, -0.15) is 0 Å². The average molecular weight is 397 g/mol. The van der Waals surface area contributed by atoms with Crippen molar-refractivity contribution in [3.05, 3.63) is 59.1 Å². The van der Waals surface area contributed by atoms with Gasteiger partial charge >= 0.3 is 0 Å². The van der Waals surface area contributed by atoms with Gasteiger partial charge in [-0.25, -0.2) is 4.98 Å². The number of carbonyl (C=O) groups is 1. The van der Waals surface area contributed by atoms with E-state index < -0.39 is 0 Å². The predicted molar refractivity (Wildman–Crippen MR) is 107 cm³/mol. The second kappa shape index (κ2) is 8.18. The summed E-state index contributed by atoms with van der Waals surface area (Å²) in [5.41, 5.74) is 2.19. The number of hydrogen-bond acceptors (Lipinski definition) is 7. The Morgan fingerprint density at radius 3 is 2.82 bits per heavy atom. The van der Waals surface area contributed by atoms with Crippen LogP contribution in [0.4, 0.5) is 10.8 Å². The molecule has 8 heteroatoms. The van der Waals surface area contributed by atoms with E-state index in [2.05, 4.69) is 15.6 Å². The zero-order chi connectivity index (χ0) is 19.3. The zero-order valence-electron chi connectivity index (χ0n) is 15.2. The lowest BCUT2D eigenvalue weighted by Crippen LogP contribution is -2.23. The average Bonchev–Trinajstić information content (AvgIpc) is 3.37. The molecule has 0 saturated heterocycles. The molecule has 0 spiro atoms. The van der Waals surface area contributed by atoms with E-state index in [0.29, 0.717) is 29.7 Å². The maximum absolute atomic E-state index is 12.4. The largest absolute Gasteiger partial charge is 0.494 e. The molecule has 0 radical (unpaired) electrons. The molecular formula is C20H19N3O4S. The number of benzene rings is 2. The van der Waals surface area contributed by atoms with Crippen LogP contribution >= 0.6 is 11.3 Å². The standard InChI is InChI=1S/C20H19N3O4S/c1-2-25-15-6-4-14(5-7-15)22-20-23-16(11-28-20)19(24)21-10-13-3-8-17-18(9-13)27-12-26-17/h3-9,11H,2,10,12H2,1H3,(H,21,24)(H,22,23). The first-order valence-corrected chi connectivity index (χ1v) is 9.71. The lowest BCUT2D eigenvalue weighted by Gasteiger charge is -2.06. The van der Waals surface area contributed by atoms with Gasteiger partial charge in [0.15, 0.2) is 16.6 Å². The van der Waals surface area contributed by atoms with E-state index in [4.69, 9.17) is 14.2 Å². The molecule has 28 heavy (non-hydrogen) atoms. The van der Waals surface area contributed by atoms with Gasteiger partial charge in [0, 0.05) is 17.6 Å². The van der Waals surface area contributed by atoms with Crippen molar-refractivity contribution in [3.63, 3.8) is 0 Å². The third kappa shape index (κ3) is 4.17. The van der Waals surface area contributed by atoms with Gasteiger partial charge in [0.25, 0.3) is 5.91 Å². The van der Waals surface area contributed by atoms with Crippen molar-refractivity contribution in [2.45, 2.75) is 13.5 Å². The molecule has 7 nitrogen and oxygen atoms in total. The maximum Gasteiger partial charge on any atom is 0.271 e. The zero-order valence-corrected chi connectivity index (χ0v) is 16.0. The number of aromatic nitrogens is 1. The molecule has 2 N–H and O–H groups in total. The predicted octanol–water partition coefficient (Wildman–Crippen LogP) is 3.94. The Morgan fingerprint density at radius 2 is 2.00 bits per heavy atom. The first-order chi connectivity index (χ1) is 13.7. The number of amides is 1. The van der Waals surface area contributed by atoms with Crippen LogP contribution in [0.2, 0.25) is 0 Å². The SMILES string of the molecule is CCOc1ccc(Nc2nc(C(=O)NCc3ccc4c(c3)OCO4)cs2)cc1. The molecule has 0 unspecified atom stereocenters. The number of thiazole rings is 1. The Morgan fingerprint density at radius 1 is 1.18 bits per heavy atom. The molecule has 2 heterocycles. The van der Waals surface area contributed by atoms with Crippen molar-refractivity contribution in [1.82, 2.24) is 10.3 Å². The topological polar surface area (TPSA) is 81.7 Å². The van der Waals surface area contributed by atoms with Crippen molar-refractivity contribution in [1.29, 1.82) is 0 Å². The quantitative estimate of drug-likeness (QED) is 0.628. The molecule has 0 bridgehead atoms. The number of ether oxygens (including phenoxy) is 3. The second-order valence-corrected chi connectivity index (χ2v) is 6.85. The van der Waals surface area contributed by atoms with E-state index in [9.17, 15) is 4.79 Å². The second-order valence-electron chi connectivity index (χ2n) is 5.99. The number of nitrogens with zero attached hydrogens (tertiary/aromatic N) is 1. The highest BCUT2D eigenvalue weighted by Crippen LogP contribution is 2.32. The molecule has 1 aromatic heterocycles. The summed E-state index contributed by atoms with van der Waals surface area (Å²) < 4.78 is 16.1. The van der Waals surface area contributed by atoms with Crippen molar-refractivity contribution in [2.75, 3.05) is 18.7 Å². The van der Waals surface area contributed by atoms with Gasteiger partial charge in [-0.1, -0.05) is 6.07 Å². The summed E-state index contributed by atoms with van der Waals surface area (Å²) >= 11 is 1.37. The summed E-state index contributed by atoms with van der Waals surface area (Å²) in [5, 5.41) is 8.44. The minimum atomic E-state index is -0.228. The van der Waals surface area contributed by atoms with Crippen molar-refractivity contribution >= 4 is 28.1 Å². The van der Waals surface area contributed by atoms with Crippen LogP contribution in [0.5, 0.6) is 17.2 Å². The fraction of sp³-hybridized carbons (Fsp3) is 0.200. The third-order valence-corrected chi connectivity index (χ3v) is 4.80. The van der Waals surface area contributed by atoms with Crippen molar-refractivity contribution < 1.29 is 19.0 Å². The Kier molecular flexibility index (Phi) is 5.29. The monoisotopic (exact) mass is 397 g/mol. The molecule has 144 valence electrons. The Labute approximate surface area is 166 Å². The summed E-state index contributed by atoms with van der Waals surface area (Å²) in [4.78, 5) is 16.7. The van der Waals surface area contributed by atoms with Crippen LogP contribution in [0, 0.1) is 0 Å². The number of fused-ring (bicyclic) bond motifs is 1. The van der Waals surface area contributed by atoms with Gasteiger partial charge < -0.3 is 24.8 Å². The Balaban J connectivity index is 1.33. The highest BCUT2D eigenvalue weighted by Gasteiger charge is 2.15. The maximum atomic E-state index is 12.4. The van der Waals surface area contributed by atoms with Crippen LogP contribution in [0.25, 0.3) is 0 Å². The molecule has 1 aliphatic heterocycles. The lowest BCUT2D eigenvalue weighted by molar-refractivity contribution is 0.0946. The Bertz CT molecular complexity index is 972. The molecule has 2 aromatic carbocycles. The van der Waals surface area contributed by atoms with Crippen LogP contribution < -0.4 is 24.8 Å². The highest BCUT2D eigenvalue weighted by molar-refractivity contribution is 7.14. The van der Waals surface area contributed by atoms with Crippen LogP contribution in [-0.2, 0) is 6.54 Å². The molecule has 3 aromatic rings. The summed E-state index contributed by atoms with van der Waals surface area (Å²) in [6, 6.07) is 13.2. The number of hydrogen-bond donors (Lipinski definition) is 2. The smallest absolute Gasteiger partial charge is 0.271 e. The molecule has 4 rings (SSSR count). The number of rotatable bonds is 7. The normalized spacial score (nSPS) is 11.9. The minimum Gasteiger partial charge on any atom is -0.494 e. The fourth-order valence-corrected chi connectivity index (χ4v) is 3.39. The van der Waals surface area contributed by atoms with E-state index in [1.54, 1.807) is 5.38 Å². The van der Waals surface area contributed by atoms with Crippen molar-refractivity contribution in [3.8, 4) is 17.2 Å². The van der Waals surface area contributed by atoms with Gasteiger partial charge in [-0.3, -0.25) is 4.79 Å². The van der Waals surface area contributed by atoms with E-state index in [0.717, 1.165) is 22.7 Å². The van der Waals surface area contributed by atoms with E-state index in [-0.39, 0.29) is 12.7 Å². The first-order valence-electron chi connectivity index (χ1n) is 8.83. The van der Waals surface area contributed by atoms with E-state index in [1.165, 1.54) is 11.3 Å². The highest BCUT2D eigenvalue weighted by atomic mass is 32.1. The Hall–Kier alpha value is -3.26. The molecule has 0 atom stereocenters. The first kappa shape index (κ1) is 18.1. The number of carbonyl (C=O) groups excluding carboxylic acids is 1. The minimum absolute atomic E-state index is 0.228. The van der Waals surface area contributed by atoms with Gasteiger partial charge in [0.05, 0.1) is 6.61 Å².